The van der Waals surface area contributed by atoms with Gasteiger partial charge in [-0.2, -0.15) is 0 Å². The average Bonchev–Trinajstić information content (AvgIpc) is 2.68. The number of morpholine rings is 1. The van der Waals surface area contributed by atoms with Crippen LogP contribution in [0.4, 0.5) is 4.39 Å². The molecule has 2 amide bonds. The van der Waals surface area contributed by atoms with E-state index in [-0.39, 0.29) is 36.2 Å². The molecule has 2 aliphatic heterocycles. The monoisotopic (exact) mass is 364 g/mol. The van der Waals surface area contributed by atoms with Crippen LogP contribution in [-0.4, -0.2) is 68.2 Å². The van der Waals surface area contributed by atoms with Crippen molar-refractivity contribution < 1.29 is 23.5 Å². The molecule has 0 N–H and O–H groups in total. The van der Waals surface area contributed by atoms with Crippen molar-refractivity contribution in [2.75, 3.05) is 46.6 Å². The molecule has 1 aromatic carbocycles. The number of amides is 2. The third-order valence-electron chi connectivity index (χ3n) is 5.10. The summed E-state index contributed by atoms with van der Waals surface area (Å²) in [7, 11) is 1.48. The zero-order chi connectivity index (χ0) is 18.5. The molecule has 0 unspecified atom stereocenters. The molecule has 2 heterocycles. The lowest BCUT2D eigenvalue weighted by molar-refractivity contribution is -0.147. The second kappa shape index (κ2) is 8.60. The molecule has 0 aromatic heterocycles. The Morgan fingerprint density at radius 2 is 1.88 bits per heavy atom. The number of methoxy groups -OCH3 is 1. The Morgan fingerprint density at radius 3 is 2.54 bits per heavy atom. The van der Waals surface area contributed by atoms with Gasteiger partial charge in [-0.25, -0.2) is 4.39 Å². The van der Waals surface area contributed by atoms with Crippen LogP contribution in [0.1, 0.15) is 24.4 Å². The highest BCUT2D eigenvalue weighted by Crippen LogP contribution is 2.34. The van der Waals surface area contributed by atoms with Crippen molar-refractivity contribution >= 4 is 11.8 Å². The molecule has 142 valence electrons. The van der Waals surface area contributed by atoms with Crippen LogP contribution in [-0.2, 0) is 19.1 Å². The van der Waals surface area contributed by atoms with Gasteiger partial charge in [-0.15, -0.1) is 0 Å². The maximum absolute atomic E-state index is 13.2. The van der Waals surface area contributed by atoms with Crippen LogP contribution in [0.25, 0.3) is 0 Å². The molecule has 0 spiro atoms. The van der Waals surface area contributed by atoms with E-state index in [1.165, 1.54) is 19.2 Å². The highest BCUT2D eigenvalue weighted by atomic mass is 19.1. The average molecular weight is 364 g/mol. The van der Waals surface area contributed by atoms with Crippen LogP contribution < -0.4 is 0 Å². The van der Waals surface area contributed by atoms with Gasteiger partial charge in [0, 0.05) is 26.7 Å². The van der Waals surface area contributed by atoms with E-state index in [9.17, 15) is 14.0 Å². The van der Waals surface area contributed by atoms with Gasteiger partial charge in [0.1, 0.15) is 12.4 Å². The molecule has 7 heteroatoms. The summed E-state index contributed by atoms with van der Waals surface area (Å²) in [5, 5.41) is 0. The standard InChI is InChI=1S/C19H25FN2O4/c1-25-13-18(23)22-12-15(19(24)21-8-10-26-11-9-21)4-7-17(22)14-2-5-16(20)6-3-14/h2-3,5-6,15,17H,4,7-13H2,1H3/t15-,17+/m0/s1. The number of benzene rings is 1. The van der Waals surface area contributed by atoms with E-state index in [1.807, 2.05) is 4.90 Å². The van der Waals surface area contributed by atoms with Crippen LogP contribution in [0.2, 0.25) is 0 Å². The first-order valence-corrected chi connectivity index (χ1v) is 9.00. The Bertz CT molecular complexity index is 631. The fourth-order valence-corrected chi connectivity index (χ4v) is 3.73. The van der Waals surface area contributed by atoms with E-state index in [1.54, 1.807) is 17.0 Å². The summed E-state index contributed by atoms with van der Waals surface area (Å²) in [6, 6.07) is 6.06. The molecule has 2 aliphatic rings. The normalized spacial score (nSPS) is 23.8. The number of hydrogen-bond donors (Lipinski definition) is 0. The molecule has 2 fully saturated rings. The SMILES string of the molecule is COCC(=O)N1C[C@@H](C(=O)N2CCOCC2)CC[C@@H]1c1ccc(F)cc1. The van der Waals surface area contributed by atoms with Crippen molar-refractivity contribution in [3.8, 4) is 0 Å². The number of carbonyl (C=O) groups excluding carboxylic acids is 2. The second-order valence-corrected chi connectivity index (χ2v) is 6.76. The van der Waals surface area contributed by atoms with E-state index >= 15 is 0 Å². The van der Waals surface area contributed by atoms with Crippen LogP contribution in [0.3, 0.4) is 0 Å². The van der Waals surface area contributed by atoms with Gasteiger partial charge < -0.3 is 19.3 Å². The van der Waals surface area contributed by atoms with Gasteiger partial charge in [-0.3, -0.25) is 9.59 Å². The molecule has 6 nitrogen and oxygen atoms in total. The fourth-order valence-electron chi connectivity index (χ4n) is 3.73. The predicted molar refractivity (Wildman–Crippen MR) is 92.9 cm³/mol. The highest BCUT2D eigenvalue weighted by Gasteiger charge is 2.37. The lowest BCUT2D eigenvalue weighted by Gasteiger charge is -2.41. The minimum absolute atomic E-state index is 0.0316. The second-order valence-electron chi connectivity index (χ2n) is 6.76. The summed E-state index contributed by atoms with van der Waals surface area (Å²) in [4.78, 5) is 28.9. The molecule has 2 saturated heterocycles. The van der Waals surface area contributed by atoms with E-state index in [0.717, 1.165) is 5.56 Å². The maximum Gasteiger partial charge on any atom is 0.249 e. The Hall–Kier alpha value is -1.99. The van der Waals surface area contributed by atoms with E-state index in [2.05, 4.69) is 0 Å². The number of piperidine rings is 1. The highest BCUT2D eigenvalue weighted by molar-refractivity contribution is 5.82. The van der Waals surface area contributed by atoms with Crippen molar-refractivity contribution in [2.24, 2.45) is 5.92 Å². The summed E-state index contributed by atoms with van der Waals surface area (Å²) in [5.41, 5.74) is 0.883. The lowest BCUT2D eigenvalue weighted by atomic mass is 9.88. The third kappa shape index (κ3) is 4.22. The summed E-state index contributed by atoms with van der Waals surface area (Å²) in [6.07, 6.45) is 1.37. The summed E-state index contributed by atoms with van der Waals surface area (Å²) in [6.45, 7) is 2.65. The molecule has 26 heavy (non-hydrogen) atoms. The summed E-state index contributed by atoms with van der Waals surface area (Å²) >= 11 is 0. The van der Waals surface area contributed by atoms with Gasteiger partial charge in [0.25, 0.3) is 0 Å². The number of halogens is 1. The summed E-state index contributed by atoms with van der Waals surface area (Å²) < 4.78 is 23.6. The van der Waals surface area contributed by atoms with E-state index < -0.39 is 0 Å². The topological polar surface area (TPSA) is 59.1 Å². The van der Waals surface area contributed by atoms with Crippen molar-refractivity contribution in [3.63, 3.8) is 0 Å². The minimum atomic E-state index is -0.306. The Balaban J connectivity index is 1.75. The van der Waals surface area contributed by atoms with Crippen molar-refractivity contribution in [1.29, 1.82) is 0 Å². The van der Waals surface area contributed by atoms with Gasteiger partial charge in [-0.05, 0) is 30.5 Å². The van der Waals surface area contributed by atoms with Gasteiger partial charge >= 0.3 is 0 Å². The zero-order valence-corrected chi connectivity index (χ0v) is 15.0. The van der Waals surface area contributed by atoms with Crippen LogP contribution in [0.5, 0.6) is 0 Å². The molecular formula is C19H25FN2O4. The molecule has 0 saturated carbocycles. The zero-order valence-electron chi connectivity index (χ0n) is 15.0. The van der Waals surface area contributed by atoms with Crippen LogP contribution in [0.15, 0.2) is 24.3 Å². The van der Waals surface area contributed by atoms with Gasteiger partial charge in [0.15, 0.2) is 0 Å². The van der Waals surface area contributed by atoms with E-state index in [0.29, 0.717) is 45.7 Å². The van der Waals surface area contributed by atoms with Gasteiger partial charge in [0.2, 0.25) is 11.8 Å². The third-order valence-corrected chi connectivity index (χ3v) is 5.10. The van der Waals surface area contributed by atoms with Crippen molar-refractivity contribution in [2.45, 2.75) is 18.9 Å². The molecular weight excluding hydrogens is 339 g/mol. The molecule has 0 radical (unpaired) electrons. The van der Waals surface area contributed by atoms with Crippen LogP contribution >= 0.6 is 0 Å². The number of likely N-dealkylation sites (tertiary alicyclic amines) is 1. The number of hydrogen-bond acceptors (Lipinski definition) is 4. The Kier molecular flexibility index (Phi) is 6.21. The maximum atomic E-state index is 13.2. The smallest absolute Gasteiger partial charge is 0.249 e. The van der Waals surface area contributed by atoms with Gasteiger partial charge in [-0.1, -0.05) is 12.1 Å². The minimum Gasteiger partial charge on any atom is -0.378 e. The predicted octanol–water partition coefficient (Wildman–Crippen LogP) is 1.61. The van der Waals surface area contributed by atoms with Crippen LogP contribution in [0, 0.1) is 11.7 Å². The molecule has 3 rings (SSSR count). The van der Waals surface area contributed by atoms with Gasteiger partial charge in [0.05, 0.1) is 25.2 Å². The van der Waals surface area contributed by atoms with Crippen molar-refractivity contribution in [1.82, 2.24) is 9.80 Å². The lowest BCUT2D eigenvalue weighted by Crippen LogP contribution is -2.50. The Labute approximate surface area is 152 Å². The van der Waals surface area contributed by atoms with E-state index in [4.69, 9.17) is 9.47 Å². The molecule has 2 atom stereocenters. The fraction of sp³-hybridized carbons (Fsp3) is 0.579. The van der Waals surface area contributed by atoms with Crippen molar-refractivity contribution in [3.05, 3.63) is 35.6 Å². The number of carbonyl (C=O) groups is 2. The number of ether oxygens (including phenoxy) is 2. The largest absolute Gasteiger partial charge is 0.378 e. The summed E-state index contributed by atoms with van der Waals surface area (Å²) in [5.74, 6) is -0.590. The molecule has 0 bridgehead atoms. The first-order valence-electron chi connectivity index (χ1n) is 9.00. The first kappa shape index (κ1) is 18.8. The Morgan fingerprint density at radius 1 is 1.19 bits per heavy atom. The number of nitrogens with zero attached hydrogens (tertiary/aromatic N) is 2. The molecule has 0 aliphatic carbocycles. The quantitative estimate of drug-likeness (QED) is 0.815. The molecule has 1 aromatic rings. The number of rotatable bonds is 4. The first-order chi connectivity index (χ1) is 12.6.